The molecule has 2 rings (SSSR count). The average Bonchev–Trinajstić information content (AvgIpc) is 2.62. The van der Waals surface area contributed by atoms with Gasteiger partial charge in [0.1, 0.15) is 0 Å². The SMILES string of the molecule is CC(C)NC(=O)c1ccc(NC(=O)N(Cc2ccc(Cl)c(Cl)c2)C(C)C)cc1. The molecule has 2 N–H and O–H groups in total. The minimum atomic E-state index is -0.236. The lowest BCUT2D eigenvalue weighted by Gasteiger charge is -2.27. The predicted molar refractivity (Wildman–Crippen MR) is 115 cm³/mol. The summed E-state index contributed by atoms with van der Waals surface area (Å²) in [4.78, 5) is 26.5. The molecule has 0 aliphatic carbocycles. The first-order valence-corrected chi connectivity index (χ1v) is 9.85. The number of carbonyl (C=O) groups excluding carboxylic acids is 2. The van der Waals surface area contributed by atoms with Gasteiger partial charge in [-0.25, -0.2) is 4.79 Å². The van der Waals surface area contributed by atoms with E-state index in [0.29, 0.717) is 27.8 Å². The lowest BCUT2D eigenvalue weighted by Crippen LogP contribution is -2.39. The van der Waals surface area contributed by atoms with Crippen molar-refractivity contribution >= 4 is 40.8 Å². The highest BCUT2D eigenvalue weighted by molar-refractivity contribution is 6.42. The first-order valence-electron chi connectivity index (χ1n) is 9.10. The smallest absolute Gasteiger partial charge is 0.322 e. The normalized spacial score (nSPS) is 10.9. The third-order valence-electron chi connectivity index (χ3n) is 4.04. The van der Waals surface area contributed by atoms with Gasteiger partial charge in [0, 0.05) is 29.9 Å². The molecular formula is C21H25Cl2N3O2. The largest absolute Gasteiger partial charge is 0.350 e. The molecule has 0 bridgehead atoms. The second-order valence-electron chi connectivity index (χ2n) is 7.11. The summed E-state index contributed by atoms with van der Waals surface area (Å²) in [6.07, 6.45) is 0. The van der Waals surface area contributed by atoms with Crippen LogP contribution >= 0.6 is 23.2 Å². The van der Waals surface area contributed by atoms with Crippen molar-refractivity contribution in [3.63, 3.8) is 0 Å². The molecule has 7 heteroatoms. The second-order valence-corrected chi connectivity index (χ2v) is 7.92. The molecule has 5 nitrogen and oxygen atoms in total. The lowest BCUT2D eigenvalue weighted by molar-refractivity contribution is 0.0943. The Morgan fingerprint density at radius 3 is 2.14 bits per heavy atom. The fourth-order valence-corrected chi connectivity index (χ4v) is 2.89. The van der Waals surface area contributed by atoms with Crippen LogP contribution in [0.1, 0.15) is 43.6 Å². The third kappa shape index (κ3) is 6.14. The van der Waals surface area contributed by atoms with Gasteiger partial charge >= 0.3 is 6.03 Å². The van der Waals surface area contributed by atoms with Crippen LogP contribution in [0.25, 0.3) is 0 Å². The molecule has 0 fully saturated rings. The maximum atomic E-state index is 12.8. The van der Waals surface area contributed by atoms with Crippen LogP contribution in [0.5, 0.6) is 0 Å². The zero-order chi connectivity index (χ0) is 20.8. The standard InChI is InChI=1S/C21H25Cl2N3O2/c1-13(2)24-20(27)16-6-8-17(9-7-16)25-21(28)26(14(3)4)12-15-5-10-18(22)19(23)11-15/h5-11,13-14H,12H2,1-4H3,(H,24,27)(H,25,28). The zero-order valence-corrected chi connectivity index (χ0v) is 17.9. The predicted octanol–water partition coefficient (Wildman–Crippen LogP) is 5.57. The summed E-state index contributed by atoms with van der Waals surface area (Å²) in [6.45, 7) is 8.09. The first-order chi connectivity index (χ1) is 13.2. The number of nitrogens with one attached hydrogen (secondary N) is 2. The number of hydrogen-bond donors (Lipinski definition) is 2. The Kier molecular flexibility index (Phi) is 7.72. The van der Waals surface area contributed by atoms with E-state index in [-0.39, 0.29) is 24.0 Å². The van der Waals surface area contributed by atoms with Crippen LogP contribution in [0.15, 0.2) is 42.5 Å². The van der Waals surface area contributed by atoms with Gasteiger partial charge in [-0.1, -0.05) is 29.3 Å². The molecule has 0 aromatic heterocycles. The van der Waals surface area contributed by atoms with Crippen LogP contribution in [0, 0.1) is 0 Å². The molecule has 0 radical (unpaired) electrons. The summed E-state index contributed by atoms with van der Waals surface area (Å²) in [5.41, 5.74) is 2.05. The Balaban J connectivity index is 2.07. The van der Waals surface area contributed by atoms with Crippen molar-refractivity contribution in [1.82, 2.24) is 10.2 Å². The van der Waals surface area contributed by atoms with E-state index >= 15 is 0 Å². The Labute approximate surface area is 176 Å². The van der Waals surface area contributed by atoms with Crippen molar-refractivity contribution in [2.45, 2.75) is 46.3 Å². The van der Waals surface area contributed by atoms with Gasteiger partial charge in [-0.2, -0.15) is 0 Å². The highest BCUT2D eigenvalue weighted by Crippen LogP contribution is 2.24. The molecule has 28 heavy (non-hydrogen) atoms. The molecule has 0 saturated carbocycles. The number of rotatable bonds is 6. The maximum Gasteiger partial charge on any atom is 0.322 e. The van der Waals surface area contributed by atoms with Crippen molar-refractivity contribution in [3.8, 4) is 0 Å². The number of carbonyl (C=O) groups is 2. The van der Waals surface area contributed by atoms with Gasteiger partial charge < -0.3 is 15.5 Å². The molecule has 0 heterocycles. The molecule has 0 saturated heterocycles. The maximum absolute atomic E-state index is 12.8. The van der Waals surface area contributed by atoms with Crippen molar-refractivity contribution in [2.24, 2.45) is 0 Å². The molecule has 0 spiro atoms. The quantitative estimate of drug-likeness (QED) is 0.639. The summed E-state index contributed by atoms with van der Waals surface area (Å²) in [5, 5.41) is 6.64. The van der Waals surface area contributed by atoms with Gasteiger partial charge in [0.25, 0.3) is 5.91 Å². The van der Waals surface area contributed by atoms with E-state index in [4.69, 9.17) is 23.2 Å². The topological polar surface area (TPSA) is 61.4 Å². The minimum absolute atomic E-state index is 0.0226. The molecule has 150 valence electrons. The molecule has 2 aromatic carbocycles. The van der Waals surface area contributed by atoms with Crippen molar-refractivity contribution in [2.75, 3.05) is 5.32 Å². The van der Waals surface area contributed by atoms with Crippen molar-refractivity contribution < 1.29 is 9.59 Å². The van der Waals surface area contributed by atoms with Crippen LogP contribution in [0.4, 0.5) is 10.5 Å². The molecular weight excluding hydrogens is 397 g/mol. The van der Waals surface area contributed by atoms with Crippen LogP contribution in [0.2, 0.25) is 10.0 Å². The van der Waals surface area contributed by atoms with E-state index in [2.05, 4.69) is 10.6 Å². The summed E-state index contributed by atoms with van der Waals surface area (Å²) in [7, 11) is 0. The van der Waals surface area contributed by atoms with Crippen LogP contribution in [0.3, 0.4) is 0 Å². The van der Waals surface area contributed by atoms with E-state index < -0.39 is 0 Å². The van der Waals surface area contributed by atoms with Gasteiger partial charge in [0.15, 0.2) is 0 Å². The number of benzene rings is 2. The molecule has 2 aromatic rings. The van der Waals surface area contributed by atoms with Crippen LogP contribution < -0.4 is 10.6 Å². The average molecular weight is 422 g/mol. The zero-order valence-electron chi connectivity index (χ0n) is 16.4. The van der Waals surface area contributed by atoms with Crippen molar-refractivity contribution in [1.29, 1.82) is 0 Å². The second kappa shape index (κ2) is 9.80. The Bertz CT molecular complexity index is 836. The Morgan fingerprint density at radius 2 is 1.61 bits per heavy atom. The fourth-order valence-electron chi connectivity index (χ4n) is 2.57. The number of halogens is 2. The minimum Gasteiger partial charge on any atom is -0.350 e. The summed E-state index contributed by atoms with van der Waals surface area (Å²) < 4.78 is 0. The fraction of sp³-hybridized carbons (Fsp3) is 0.333. The molecule has 0 atom stereocenters. The monoisotopic (exact) mass is 421 g/mol. The van der Waals surface area contributed by atoms with Gasteiger partial charge in [-0.3, -0.25) is 4.79 Å². The summed E-state index contributed by atoms with van der Waals surface area (Å²) in [5.74, 6) is -0.142. The van der Waals surface area contributed by atoms with Gasteiger partial charge in [-0.05, 0) is 69.7 Å². The van der Waals surface area contributed by atoms with Crippen molar-refractivity contribution in [3.05, 3.63) is 63.6 Å². The number of urea groups is 1. The number of anilines is 1. The van der Waals surface area contributed by atoms with Gasteiger partial charge in [0.05, 0.1) is 10.0 Å². The Hall–Kier alpha value is -2.24. The number of amides is 3. The van der Waals surface area contributed by atoms with Crippen LogP contribution in [-0.2, 0) is 6.54 Å². The third-order valence-corrected chi connectivity index (χ3v) is 4.78. The lowest BCUT2D eigenvalue weighted by atomic mass is 10.1. The van der Waals surface area contributed by atoms with Gasteiger partial charge in [-0.15, -0.1) is 0 Å². The number of hydrogen-bond acceptors (Lipinski definition) is 2. The number of nitrogens with zero attached hydrogens (tertiary/aromatic N) is 1. The van der Waals surface area contributed by atoms with E-state index in [1.54, 1.807) is 41.3 Å². The molecule has 0 unspecified atom stereocenters. The molecule has 0 aliphatic rings. The molecule has 0 aliphatic heterocycles. The summed E-state index contributed by atoms with van der Waals surface area (Å²) in [6, 6.07) is 11.9. The highest BCUT2D eigenvalue weighted by atomic mass is 35.5. The van der Waals surface area contributed by atoms with E-state index in [1.165, 1.54) is 0 Å². The first kappa shape index (κ1) is 22.1. The van der Waals surface area contributed by atoms with Gasteiger partial charge in [0.2, 0.25) is 0 Å². The van der Waals surface area contributed by atoms with Crippen LogP contribution in [-0.4, -0.2) is 28.9 Å². The highest BCUT2D eigenvalue weighted by Gasteiger charge is 2.18. The molecule has 3 amide bonds. The van der Waals surface area contributed by atoms with E-state index in [9.17, 15) is 9.59 Å². The Morgan fingerprint density at radius 1 is 0.964 bits per heavy atom. The summed E-state index contributed by atoms with van der Waals surface area (Å²) >= 11 is 12.0. The van der Waals surface area contributed by atoms with E-state index in [0.717, 1.165) is 5.56 Å². The van der Waals surface area contributed by atoms with E-state index in [1.807, 2.05) is 33.8 Å².